The predicted octanol–water partition coefficient (Wildman–Crippen LogP) is 1.47. The van der Waals surface area contributed by atoms with E-state index in [1.165, 1.54) is 0 Å². The fraction of sp³-hybridized carbons (Fsp3) is 0.385. The summed E-state index contributed by atoms with van der Waals surface area (Å²) in [5.41, 5.74) is 6.62. The van der Waals surface area contributed by atoms with Crippen molar-refractivity contribution >= 4 is 0 Å². The Balaban J connectivity index is 2.12. The molecule has 0 spiro atoms. The second kappa shape index (κ2) is 6.19. The Morgan fingerprint density at radius 3 is 2.84 bits per heavy atom. The first-order valence-corrected chi connectivity index (χ1v) is 6.02. The highest BCUT2D eigenvalue weighted by molar-refractivity contribution is 5.41. The van der Waals surface area contributed by atoms with E-state index in [0.717, 1.165) is 23.5 Å². The van der Waals surface area contributed by atoms with Gasteiger partial charge in [0.25, 0.3) is 0 Å². The van der Waals surface area contributed by atoms with Gasteiger partial charge in [0.2, 0.25) is 11.7 Å². The summed E-state index contributed by atoms with van der Waals surface area (Å²) in [6.45, 7) is 2.55. The smallest absolute Gasteiger partial charge is 0.223 e. The van der Waals surface area contributed by atoms with Gasteiger partial charge in [-0.2, -0.15) is 4.98 Å². The lowest BCUT2D eigenvalue weighted by Gasteiger charge is -2.11. The zero-order chi connectivity index (χ0) is 13.7. The minimum atomic E-state index is 0.252. The number of methoxy groups -OCH3 is 1. The molecule has 0 radical (unpaired) electrons. The van der Waals surface area contributed by atoms with Gasteiger partial charge < -0.3 is 19.7 Å². The van der Waals surface area contributed by atoms with Crippen molar-refractivity contribution in [3.05, 3.63) is 35.5 Å². The van der Waals surface area contributed by atoms with Crippen molar-refractivity contribution in [1.29, 1.82) is 0 Å². The molecule has 0 aliphatic heterocycles. The number of aromatic nitrogens is 2. The van der Waals surface area contributed by atoms with E-state index < -0.39 is 0 Å². The molecule has 1 aromatic heterocycles. The molecule has 0 unspecified atom stereocenters. The third kappa shape index (κ3) is 3.45. The number of benzene rings is 1. The van der Waals surface area contributed by atoms with E-state index in [0.29, 0.717) is 18.3 Å². The molecule has 2 rings (SSSR count). The maximum atomic E-state index is 5.71. The number of hydrogen-bond donors (Lipinski definition) is 1. The summed E-state index contributed by atoms with van der Waals surface area (Å²) >= 11 is 0. The number of rotatable bonds is 6. The van der Waals surface area contributed by atoms with Crippen molar-refractivity contribution in [2.24, 2.45) is 5.73 Å². The van der Waals surface area contributed by atoms with Gasteiger partial charge in [0, 0.05) is 13.0 Å². The fourth-order valence-corrected chi connectivity index (χ4v) is 1.70. The lowest BCUT2D eigenvalue weighted by atomic mass is 10.1. The largest absolute Gasteiger partial charge is 0.497 e. The molecule has 0 bridgehead atoms. The zero-order valence-corrected chi connectivity index (χ0v) is 11.0. The molecule has 0 amide bonds. The standard InChI is InChI=1S/C13H17N3O3/c1-9-15-13(16-19-9)8-18-12-7-11(17-2)4-3-10(12)5-6-14/h3-4,7H,5-6,8,14H2,1-2H3. The minimum Gasteiger partial charge on any atom is -0.497 e. The third-order valence-corrected chi connectivity index (χ3v) is 2.61. The summed E-state index contributed by atoms with van der Waals surface area (Å²) in [7, 11) is 1.62. The first kappa shape index (κ1) is 13.4. The highest BCUT2D eigenvalue weighted by Crippen LogP contribution is 2.25. The SMILES string of the molecule is COc1ccc(CCN)c(OCc2noc(C)n2)c1. The number of hydrogen-bond acceptors (Lipinski definition) is 6. The highest BCUT2D eigenvalue weighted by Gasteiger charge is 2.08. The molecule has 1 aromatic carbocycles. The van der Waals surface area contributed by atoms with E-state index in [1.54, 1.807) is 14.0 Å². The highest BCUT2D eigenvalue weighted by atomic mass is 16.5. The van der Waals surface area contributed by atoms with E-state index in [1.807, 2.05) is 18.2 Å². The van der Waals surface area contributed by atoms with E-state index in [-0.39, 0.29) is 6.61 Å². The van der Waals surface area contributed by atoms with Crippen molar-refractivity contribution in [1.82, 2.24) is 10.1 Å². The molecule has 0 aliphatic carbocycles. The molecule has 0 aliphatic rings. The average Bonchev–Trinajstić information content (AvgIpc) is 2.83. The van der Waals surface area contributed by atoms with Gasteiger partial charge in [0.15, 0.2) is 6.61 Å². The van der Waals surface area contributed by atoms with E-state index in [4.69, 9.17) is 19.7 Å². The first-order chi connectivity index (χ1) is 9.22. The van der Waals surface area contributed by atoms with E-state index in [2.05, 4.69) is 10.1 Å². The van der Waals surface area contributed by atoms with Crippen molar-refractivity contribution in [2.75, 3.05) is 13.7 Å². The Morgan fingerprint density at radius 2 is 2.21 bits per heavy atom. The quantitative estimate of drug-likeness (QED) is 0.849. The normalized spacial score (nSPS) is 10.5. The number of nitrogens with zero attached hydrogens (tertiary/aromatic N) is 2. The summed E-state index contributed by atoms with van der Waals surface area (Å²) in [5, 5.41) is 3.78. The van der Waals surface area contributed by atoms with Gasteiger partial charge in [-0.3, -0.25) is 0 Å². The van der Waals surface area contributed by atoms with Crippen molar-refractivity contribution in [3.63, 3.8) is 0 Å². The summed E-state index contributed by atoms with van der Waals surface area (Å²) in [5.74, 6) is 2.50. The second-order valence-corrected chi connectivity index (χ2v) is 4.03. The maximum absolute atomic E-state index is 5.71. The van der Waals surface area contributed by atoms with Crippen LogP contribution in [0.3, 0.4) is 0 Å². The van der Waals surface area contributed by atoms with Crippen LogP contribution in [0.15, 0.2) is 22.7 Å². The molecule has 0 fully saturated rings. The molecule has 2 aromatic rings. The lowest BCUT2D eigenvalue weighted by Crippen LogP contribution is -2.06. The Bertz CT molecular complexity index is 540. The summed E-state index contributed by atoms with van der Waals surface area (Å²) < 4.78 is 15.8. The molecule has 6 heteroatoms. The van der Waals surface area contributed by atoms with Gasteiger partial charge in [-0.1, -0.05) is 11.2 Å². The molecule has 102 valence electrons. The van der Waals surface area contributed by atoms with Gasteiger partial charge in [0.1, 0.15) is 11.5 Å². The van der Waals surface area contributed by atoms with Crippen LogP contribution in [0.4, 0.5) is 0 Å². The van der Waals surface area contributed by atoms with Gasteiger partial charge >= 0.3 is 0 Å². The molecular formula is C13H17N3O3. The molecular weight excluding hydrogens is 246 g/mol. The molecule has 2 N–H and O–H groups in total. The van der Waals surface area contributed by atoms with Crippen LogP contribution in [-0.4, -0.2) is 23.8 Å². The van der Waals surface area contributed by atoms with Crippen LogP contribution < -0.4 is 15.2 Å². The van der Waals surface area contributed by atoms with Gasteiger partial charge in [-0.15, -0.1) is 0 Å². The molecule has 1 heterocycles. The third-order valence-electron chi connectivity index (χ3n) is 2.61. The van der Waals surface area contributed by atoms with Crippen LogP contribution in [0, 0.1) is 6.92 Å². The first-order valence-electron chi connectivity index (χ1n) is 6.02. The topological polar surface area (TPSA) is 83.4 Å². The monoisotopic (exact) mass is 263 g/mol. The summed E-state index contributed by atoms with van der Waals surface area (Å²) in [4.78, 5) is 4.09. The van der Waals surface area contributed by atoms with Crippen molar-refractivity contribution < 1.29 is 14.0 Å². The number of nitrogens with two attached hydrogens (primary N) is 1. The van der Waals surface area contributed by atoms with Gasteiger partial charge in [-0.05, 0) is 24.6 Å². The van der Waals surface area contributed by atoms with Crippen LogP contribution in [0.25, 0.3) is 0 Å². The molecule has 6 nitrogen and oxygen atoms in total. The van der Waals surface area contributed by atoms with Crippen LogP contribution in [0.1, 0.15) is 17.3 Å². The summed E-state index contributed by atoms with van der Waals surface area (Å²) in [6.07, 6.45) is 0.741. The number of ether oxygens (including phenoxy) is 2. The van der Waals surface area contributed by atoms with Gasteiger partial charge in [-0.25, -0.2) is 0 Å². The van der Waals surface area contributed by atoms with Crippen molar-refractivity contribution in [3.8, 4) is 11.5 Å². The van der Waals surface area contributed by atoms with Crippen LogP contribution >= 0.6 is 0 Å². The van der Waals surface area contributed by atoms with Crippen LogP contribution in [0.2, 0.25) is 0 Å². The summed E-state index contributed by atoms with van der Waals surface area (Å²) in [6, 6.07) is 5.66. The molecule has 19 heavy (non-hydrogen) atoms. The fourth-order valence-electron chi connectivity index (χ4n) is 1.70. The lowest BCUT2D eigenvalue weighted by molar-refractivity contribution is 0.281. The second-order valence-electron chi connectivity index (χ2n) is 4.03. The Labute approximate surface area is 111 Å². The minimum absolute atomic E-state index is 0.252. The maximum Gasteiger partial charge on any atom is 0.223 e. The molecule has 0 atom stereocenters. The van der Waals surface area contributed by atoms with E-state index in [9.17, 15) is 0 Å². The van der Waals surface area contributed by atoms with E-state index >= 15 is 0 Å². The molecule has 0 saturated heterocycles. The van der Waals surface area contributed by atoms with Crippen LogP contribution in [0.5, 0.6) is 11.5 Å². The van der Waals surface area contributed by atoms with Crippen molar-refractivity contribution in [2.45, 2.75) is 20.0 Å². The zero-order valence-electron chi connectivity index (χ0n) is 11.0. The Morgan fingerprint density at radius 1 is 1.37 bits per heavy atom. The Hall–Kier alpha value is -2.08. The molecule has 0 saturated carbocycles. The van der Waals surface area contributed by atoms with Gasteiger partial charge in [0.05, 0.1) is 7.11 Å². The predicted molar refractivity (Wildman–Crippen MR) is 69.1 cm³/mol. The average molecular weight is 263 g/mol. The number of aryl methyl sites for hydroxylation is 1. The Kier molecular flexibility index (Phi) is 4.35. The van der Waals surface area contributed by atoms with Crippen LogP contribution in [-0.2, 0) is 13.0 Å².